The highest BCUT2D eigenvalue weighted by atomic mass is 16.5. The molecule has 3 N–H and O–H groups in total. The second kappa shape index (κ2) is 6.44. The van der Waals surface area contributed by atoms with E-state index < -0.39 is 0 Å². The Morgan fingerprint density at radius 1 is 1.31 bits per heavy atom. The van der Waals surface area contributed by atoms with Crippen molar-refractivity contribution >= 4 is 23.2 Å². The third kappa shape index (κ3) is 3.06. The van der Waals surface area contributed by atoms with E-state index in [-0.39, 0.29) is 24.3 Å². The van der Waals surface area contributed by atoms with Crippen LogP contribution >= 0.6 is 0 Å². The number of phenols is 1. The van der Waals surface area contributed by atoms with E-state index >= 15 is 0 Å². The van der Waals surface area contributed by atoms with E-state index in [0.29, 0.717) is 17.4 Å². The van der Waals surface area contributed by atoms with Crippen LogP contribution in [0.2, 0.25) is 0 Å². The standard InChI is InChI=1S/C19H18N4O3/c1-23-16(12-5-6-17-15(9-12)22-18(25)11-26-17)7-8-20-19(23)21-13-3-2-4-14(24)10-13/h2-10,16,24H,11H2,1H3,(H,20,21)(H,22,25). The van der Waals surface area contributed by atoms with Crippen LogP contribution < -0.4 is 15.4 Å². The van der Waals surface area contributed by atoms with Gasteiger partial charge in [0, 0.05) is 25.0 Å². The maximum absolute atomic E-state index is 11.6. The van der Waals surface area contributed by atoms with E-state index in [2.05, 4.69) is 15.6 Å². The minimum atomic E-state index is -0.157. The summed E-state index contributed by atoms with van der Waals surface area (Å²) in [4.78, 5) is 17.9. The largest absolute Gasteiger partial charge is 0.508 e. The summed E-state index contributed by atoms with van der Waals surface area (Å²) in [6, 6.07) is 12.6. The molecule has 26 heavy (non-hydrogen) atoms. The number of hydrogen-bond donors (Lipinski definition) is 3. The molecule has 1 amide bonds. The lowest BCUT2D eigenvalue weighted by atomic mass is 10.0. The SMILES string of the molecule is CN1C(Nc2cccc(O)c2)=NC=CC1c1ccc2c(c1)NC(=O)CO2. The van der Waals surface area contributed by atoms with E-state index in [9.17, 15) is 9.90 Å². The Kier molecular flexibility index (Phi) is 3.96. The number of benzene rings is 2. The van der Waals surface area contributed by atoms with Crippen molar-refractivity contribution in [2.75, 3.05) is 24.3 Å². The molecule has 2 aliphatic heterocycles. The fourth-order valence-corrected chi connectivity index (χ4v) is 3.00. The number of guanidine groups is 1. The molecule has 0 bridgehead atoms. The zero-order valence-corrected chi connectivity index (χ0v) is 14.1. The molecule has 0 aromatic heterocycles. The highest BCUT2D eigenvalue weighted by Gasteiger charge is 2.23. The number of anilines is 2. The van der Waals surface area contributed by atoms with Crippen LogP contribution in [0, 0.1) is 0 Å². The highest BCUT2D eigenvalue weighted by Crippen LogP contribution is 2.33. The molecule has 1 atom stereocenters. The van der Waals surface area contributed by atoms with Gasteiger partial charge in [-0.1, -0.05) is 12.1 Å². The van der Waals surface area contributed by atoms with Crippen molar-refractivity contribution in [3.8, 4) is 11.5 Å². The maximum Gasteiger partial charge on any atom is 0.262 e. The van der Waals surface area contributed by atoms with Gasteiger partial charge in [-0.25, -0.2) is 4.99 Å². The quantitative estimate of drug-likeness (QED) is 0.775. The summed E-state index contributed by atoms with van der Waals surface area (Å²) in [5.41, 5.74) is 2.42. The van der Waals surface area contributed by atoms with Gasteiger partial charge >= 0.3 is 0 Å². The third-order valence-corrected chi connectivity index (χ3v) is 4.30. The highest BCUT2D eigenvalue weighted by molar-refractivity contribution is 5.96. The minimum Gasteiger partial charge on any atom is -0.508 e. The number of fused-ring (bicyclic) bond motifs is 1. The number of nitrogens with one attached hydrogen (secondary N) is 2. The Bertz CT molecular complexity index is 923. The van der Waals surface area contributed by atoms with Gasteiger partial charge in [-0.3, -0.25) is 4.79 Å². The van der Waals surface area contributed by atoms with Crippen LogP contribution in [-0.4, -0.2) is 35.5 Å². The van der Waals surface area contributed by atoms with E-state index in [1.165, 1.54) is 0 Å². The fraction of sp³-hybridized carbons (Fsp3) is 0.158. The van der Waals surface area contributed by atoms with Crippen molar-refractivity contribution in [1.29, 1.82) is 0 Å². The smallest absolute Gasteiger partial charge is 0.262 e. The number of phenolic OH excluding ortho intramolecular Hbond substituents is 1. The van der Waals surface area contributed by atoms with Gasteiger partial charge in [0.1, 0.15) is 11.5 Å². The number of hydrogen-bond acceptors (Lipinski definition) is 6. The minimum absolute atomic E-state index is 0.0419. The van der Waals surface area contributed by atoms with Gasteiger partial charge in [-0.05, 0) is 35.9 Å². The maximum atomic E-state index is 11.6. The molecule has 2 aromatic carbocycles. The zero-order chi connectivity index (χ0) is 18.1. The van der Waals surface area contributed by atoms with E-state index in [0.717, 1.165) is 11.3 Å². The summed E-state index contributed by atoms with van der Waals surface area (Å²) in [7, 11) is 1.93. The van der Waals surface area contributed by atoms with Gasteiger partial charge in [0.25, 0.3) is 5.91 Å². The number of rotatable bonds is 2. The predicted octanol–water partition coefficient (Wildman–Crippen LogP) is 2.69. The average Bonchev–Trinajstić information content (AvgIpc) is 2.63. The molecule has 4 rings (SSSR count). The van der Waals surface area contributed by atoms with Crippen LogP contribution in [0.3, 0.4) is 0 Å². The van der Waals surface area contributed by atoms with Crippen molar-refractivity contribution in [2.24, 2.45) is 4.99 Å². The Labute approximate surface area is 150 Å². The van der Waals surface area contributed by atoms with Crippen molar-refractivity contribution in [3.63, 3.8) is 0 Å². The number of carbonyl (C=O) groups is 1. The molecule has 1 unspecified atom stereocenters. The Morgan fingerprint density at radius 2 is 2.19 bits per heavy atom. The Balaban J connectivity index is 1.57. The van der Waals surface area contributed by atoms with Crippen LogP contribution in [0.1, 0.15) is 11.6 Å². The van der Waals surface area contributed by atoms with Gasteiger partial charge in [-0.2, -0.15) is 0 Å². The molecule has 2 aliphatic rings. The first-order valence-corrected chi connectivity index (χ1v) is 8.20. The number of nitrogens with zero attached hydrogens (tertiary/aromatic N) is 2. The van der Waals surface area contributed by atoms with Gasteiger partial charge in [0.05, 0.1) is 11.7 Å². The molecule has 0 fully saturated rings. The van der Waals surface area contributed by atoms with Crippen molar-refractivity contribution < 1.29 is 14.6 Å². The molecule has 0 aliphatic carbocycles. The number of ether oxygens (including phenoxy) is 1. The molecule has 2 heterocycles. The zero-order valence-electron chi connectivity index (χ0n) is 14.1. The van der Waals surface area contributed by atoms with Crippen LogP contribution in [0.25, 0.3) is 0 Å². The van der Waals surface area contributed by atoms with Gasteiger partial charge in [0.2, 0.25) is 5.96 Å². The summed E-state index contributed by atoms with van der Waals surface area (Å²) in [5, 5.41) is 15.7. The molecule has 0 radical (unpaired) electrons. The number of carbonyl (C=O) groups excluding carboxylic acids is 1. The molecule has 2 aromatic rings. The Morgan fingerprint density at radius 3 is 3.04 bits per heavy atom. The van der Waals surface area contributed by atoms with Gasteiger partial charge in [0.15, 0.2) is 6.61 Å². The second-order valence-electron chi connectivity index (χ2n) is 6.12. The molecule has 0 saturated heterocycles. The van der Waals surface area contributed by atoms with Gasteiger partial charge < -0.3 is 25.4 Å². The number of aromatic hydroxyl groups is 1. The normalized spacial score (nSPS) is 18.5. The molecule has 7 nitrogen and oxygen atoms in total. The first-order valence-electron chi connectivity index (χ1n) is 8.20. The third-order valence-electron chi connectivity index (χ3n) is 4.30. The van der Waals surface area contributed by atoms with Crippen LogP contribution in [0.15, 0.2) is 59.7 Å². The second-order valence-corrected chi connectivity index (χ2v) is 6.12. The first kappa shape index (κ1) is 16.0. The molecule has 7 heteroatoms. The Hall–Kier alpha value is -3.48. The van der Waals surface area contributed by atoms with E-state index in [1.54, 1.807) is 24.4 Å². The summed E-state index contributed by atoms with van der Waals surface area (Å²) in [6.07, 6.45) is 3.71. The molecule has 0 spiro atoms. The first-order chi connectivity index (χ1) is 12.6. The summed E-state index contributed by atoms with van der Waals surface area (Å²) >= 11 is 0. The molecular weight excluding hydrogens is 332 g/mol. The lowest BCUT2D eigenvalue weighted by Gasteiger charge is -2.32. The van der Waals surface area contributed by atoms with E-state index in [1.807, 2.05) is 42.3 Å². The number of amides is 1. The van der Waals surface area contributed by atoms with Crippen molar-refractivity contribution in [3.05, 3.63) is 60.3 Å². The van der Waals surface area contributed by atoms with Crippen LogP contribution in [0.4, 0.5) is 11.4 Å². The van der Waals surface area contributed by atoms with Crippen molar-refractivity contribution in [1.82, 2.24) is 4.90 Å². The summed E-state index contributed by atoms with van der Waals surface area (Å²) in [5.74, 6) is 1.35. The van der Waals surface area contributed by atoms with Crippen LogP contribution in [-0.2, 0) is 4.79 Å². The predicted molar refractivity (Wildman–Crippen MR) is 99.4 cm³/mol. The number of aliphatic imine (C=N–C) groups is 1. The summed E-state index contributed by atoms with van der Waals surface area (Å²) < 4.78 is 5.41. The van der Waals surface area contributed by atoms with Crippen molar-refractivity contribution in [2.45, 2.75) is 6.04 Å². The van der Waals surface area contributed by atoms with Gasteiger partial charge in [-0.15, -0.1) is 0 Å². The summed E-state index contributed by atoms with van der Waals surface area (Å²) in [6.45, 7) is 0.0419. The molecule has 132 valence electrons. The lowest BCUT2D eigenvalue weighted by Crippen LogP contribution is -2.37. The van der Waals surface area contributed by atoms with E-state index in [4.69, 9.17) is 4.74 Å². The number of likely N-dealkylation sites (N-methyl/N-ethyl adjacent to an activating group) is 1. The lowest BCUT2D eigenvalue weighted by molar-refractivity contribution is -0.118. The molecular formula is C19H18N4O3. The fourth-order valence-electron chi connectivity index (χ4n) is 3.00. The van der Waals surface area contributed by atoms with Crippen LogP contribution in [0.5, 0.6) is 11.5 Å². The molecule has 0 saturated carbocycles. The topological polar surface area (TPSA) is 86.2 Å². The average molecular weight is 350 g/mol. The monoisotopic (exact) mass is 350 g/mol.